The Kier molecular flexibility index (Phi) is 4.85. The number of hydrogen-bond donors (Lipinski definition) is 2. The molecule has 2 aromatic rings. The van der Waals surface area contributed by atoms with E-state index in [9.17, 15) is 9.59 Å². The molecule has 2 rings (SSSR count). The van der Waals surface area contributed by atoms with Gasteiger partial charge in [0.1, 0.15) is 0 Å². The van der Waals surface area contributed by atoms with Crippen molar-refractivity contribution in [3.05, 3.63) is 35.0 Å². The van der Waals surface area contributed by atoms with Gasteiger partial charge in [0.15, 0.2) is 0 Å². The number of nitrogens with one attached hydrogen (secondary N) is 2. The predicted octanol–water partition coefficient (Wildman–Crippen LogP) is 2.38. The molecule has 5 heteroatoms. The summed E-state index contributed by atoms with van der Waals surface area (Å²) in [4.78, 5) is 29.1. The first kappa shape index (κ1) is 16.1. The summed E-state index contributed by atoms with van der Waals surface area (Å²) in [5, 5.41) is 3.74. The van der Waals surface area contributed by atoms with E-state index in [1.165, 1.54) is 0 Å². The Morgan fingerprint density at radius 3 is 2.50 bits per heavy atom. The van der Waals surface area contributed by atoms with Gasteiger partial charge >= 0.3 is 0 Å². The van der Waals surface area contributed by atoms with Gasteiger partial charge in [0.05, 0.1) is 6.54 Å². The van der Waals surface area contributed by atoms with Gasteiger partial charge in [-0.25, -0.2) is 0 Å². The summed E-state index contributed by atoms with van der Waals surface area (Å²) >= 11 is 0. The fraction of sp³-hybridized carbons (Fsp3) is 0.412. The van der Waals surface area contributed by atoms with Crippen LogP contribution in [0.1, 0.15) is 35.5 Å². The van der Waals surface area contributed by atoms with Gasteiger partial charge in [0, 0.05) is 35.2 Å². The molecule has 5 nitrogen and oxygen atoms in total. The van der Waals surface area contributed by atoms with E-state index in [0.717, 1.165) is 22.2 Å². The van der Waals surface area contributed by atoms with Crippen LogP contribution in [0.25, 0.3) is 10.9 Å². The van der Waals surface area contributed by atoms with Gasteiger partial charge in [-0.15, -0.1) is 0 Å². The van der Waals surface area contributed by atoms with Gasteiger partial charge < -0.3 is 15.2 Å². The summed E-state index contributed by atoms with van der Waals surface area (Å²) in [6.45, 7) is 9.22. The zero-order valence-corrected chi connectivity index (χ0v) is 13.6. The second-order valence-corrected chi connectivity index (χ2v) is 5.38. The topological polar surface area (TPSA) is 65.2 Å². The molecule has 0 spiro atoms. The molecule has 0 fully saturated rings. The average Bonchev–Trinajstić information content (AvgIpc) is 2.80. The fourth-order valence-electron chi connectivity index (χ4n) is 2.55. The Balaban J connectivity index is 2.10. The van der Waals surface area contributed by atoms with Crippen LogP contribution in [0.5, 0.6) is 0 Å². The van der Waals surface area contributed by atoms with Crippen molar-refractivity contribution in [1.29, 1.82) is 0 Å². The lowest BCUT2D eigenvalue weighted by Crippen LogP contribution is -2.39. The summed E-state index contributed by atoms with van der Waals surface area (Å²) in [5.41, 5.74) is 3.83. The van der Waals surface area contributed by atoms with Crippen LogP contribution in [0.3, 0.4) is 0 Å². The molecule has 0 radical (unpaired) electrons. The SMILES string of the molecule is CCN(CC)C(=O)CNC(=O)c1ccc2[nH]c(C)c(C)c2c1. The highest BCUT2D eigenvalue weighted by atomic mass is 16.2. The van der Waals surface area contributed by atoms with E-state index >= 15 is 0 Å². The van der Waals surface area contributed by atoms with Crippen molar-refractivity contribution in [3.8, 4) is 0 Å². The zero-order valence-electron chi connectivity index (χ0n) is 13.6. The van der Waals surface area contributed by atoms with Crippen molar-refractivity contribution < 1.29 is 9.59 Å². The lowest BCUT2D eigenvalue weighted by Gasteiger charge is -2.18. The molecule has 2 amide bonds. The molecule has 1 aromatic carbocycles. The second kappa shape index (κ2) is 6.64. The lowest BCUT2D eigenvalue weighted by molar-refractivity contribution is -0.129. The molecule has 0 aliphatic heterocycles. The summed E-state index contributed by atoms with van der Waals surface area (Å²) in [6.07, 6.45) is 0. The molecule has 1 aromatic heterocycles. The summed E-state index contributed by atoms with van der Waals surface area (Å²) in [6, 6.07) is 5.54. The zero-order chi connectivity index (χ0) is 16.3. The molecule has 0 bridgehead atoms. The number of aromatic nitrogens is 1. The molecule has 118 valence electrons. The Hall–Kier alpha value is -2.30. The third-order valence-corrected chi connectivity index (χ3v) is 4.09. The number of fused-ring (bicyclic) bond motifs is 1. The molecule has 0 aliphatic carbocycles. The molecule has 0 unspecified atom stereocenters. The van der Waals surface area contributed by atoms with E-state index in [1.54, 1.807) is 11.0 Å². The third kappa shape index (κ3) is 3.13. The summed E-state index contributed by atoms with van der Waals surface area (Å²) < 4.78 is 0. The van der Waals surface area contributed by atoms with Gasteiger partial charge in [0.25, 0.3) is 5.91 Å². The molecule has 22 heavy (non-hydrogen) atoms. The van der Waals surface area contributed by atoms with Crippen LogP contribution in [0, 0.1) is 13.8 Å². The molecule has 0 atom stereocenters. The van der Waals surface area contributed by atoms with Crippen molar-refractivity contribution in [2.24, 2.45) is 0 Å². The Bertz CT molecular complexity index is 699. The van der Waals surface area contributed by atoms with Crippen LogP contribution in [-0.2, 0) is 4.79 Å². The highest BCUT2D eigenvalue weighted by Gasteiger charge is 2.13. The molecule has 2 N–H and O–H groups in total. The highest BCUT2D eigenvalue weighted by Crippen LogP contribution is 2.22. The number of carbonyl (C=O) groups is 2. The van der Waals surface area contributed by atoms with Crippen molar-refractivity contribution in [3.63, 3.8) is 0 Å². The monoisotopic (exact) mass is 301 g/mol. The Labute approximate surface area is 130 Å². The van der Waals surface area contributed by atoms with Crippen molar-refractivity contribution in [2.75, 3.05) is 19.6 Å². The van der Waals surface area contributed by atoms with Gasteiger partial charge in [0.2, 0.25) is 5.91 Å². The smallest absolute Gasteiger partial charge is 0.251 e. The summed E-state index contributed by atoms with van der Waals surface area (Å²) in [7, 11) is 0. The molecule has 0 saturated carbocycles. The largest absolute Gasteiger partial charge is 0.358 e. The Morgan fingerprint density at radius 1 is 1.18 bits per heavy atom. The van der Waals surface area contributed by atoms with Crippen LogP contribution in [0.15, 0.2) is 18.2 Å². The first-order valence-electron chi connectivity index (χ1n) is 7.62. The number of hydrogen-bond acceptors (Lipinski definition) is 2. The number of H-pyrrole nitrogens is 1. The maximum absolute atomic E-state index is 12.2. The highest BCUT2D eigenvalue weighted by molar-refractivity contribution is 6.00. The first-order chi connectivity index (χ1) is 10.5. The minimum Gasteiger partial charge on any atom is -0.358 e. The van der Waals surface area contributed by atoms with Crippen molar-refractivity contribution in [2.45, 2.75) is 27.7 Å². The normalized spacial score (nSPS) is 10.7. The van der Waals surface area contributed by atoms with Gasteiger partial charge in [-0.2, -0.15) is 0 Å². The van der Waals surface area contributed by atoms with Crippen LogP contribution in [-0.4, -0.2) is 41.3 Å². The van der Waals surface area contributed by atoms with E-state index in [4.69, 9.17) is 0 Å². The molecule has 1 heterocycles. The minimum absolute atomic E-state index is 0.0314. The Morgan fingerprint density at radius 2 is 1.86 bits per heavy atom. The van der Waals surface area contributed by atoms with E-state index in [1.807, 2.05) is 39.8 Å². The van der Waals surface area contributed by atoms with E-state index in [2.05, 4.69) is 10.3 Å². The van der Waals surface area contributed by atoms with Crippen LogP contribution in [0.4, 0.5) is 0 Å². The number of likely N-dealkylation sites (N-methyl/N-ethyl adjacent to an activating group) is 1. The first-order valence-corrected chi connectivity index (χ1v) is 7.62. The van der Waals surface area contributed by atoms with Crippen LogP contribution < -0.4 is 5.32 Å². The quantitative estimate of drug-likeness (QED) is 0.890. The standard InChI is InChI=1S/C17H23N3O2/c1-5-20(6-2)16(21)10-18-17(22)13-7-8-15-14(9-13)11(3)12(4)19-15/h7-9,19H,5-6,10H2,1-4H3,(H,18,22). The van der Waals surface area contributed by atoms with Gasteiger partial charge in [-0.3, -0.25) is 9.59 Å². The van der Waals surface area contributed by atoms with Crippen molar-refractivity contribution >= 4 is 22.7 Å². The number of nitrogens with zero attached hydrogens (tertiary/aromatic N) is 1. The van der Waals surface area contributed by atoms with Crippen LogP contribution in [0.2, 0.25) is 0 Å². The fourth-order valence-corrected chi connectivity index (χ4v) is 2.55. The number of rotatable bonds is 5. The molecule has 0 aliphatic rings. The molecular weight excluding hydrogens is 278 g/mol. The number of carbonyl (C=O) groups excluding carboxylic acids is 2. The maximum Gasteiger partial charge on any atom is 0.251 e. The van der Waals surface area contributed by atoms with E-state index in [0.29, 0.717) is 18.7 Å². The van der Waals surface area contributed by atoms with Gasteiger partial charge in [-0.1, -0.05) is 0 Å². The number of aromatic amines is 1. The molecular formula is C17H23N3O2. The third-order valence-electron chi connectivity index (χ3n) is 4.09. The molecule has 0 saturated heterocycles. The van der Waals surface area contributed by atoms with E-state index < -0.39 is 0 Å². The van der Waals surface area contributed by atoms with Crippen molar-refractivity contribution in [1.82, 2.24) is 15.2 Å². The second-order valence-electron chi connectivity index (χ2n) is 5.38. The van der Waals surface area contributed by atoms with Crippen LogP contribution >= 0.6 is 0 Å². The average molecular weight is 301 g/mol. The summed E-state index contributed by atoms with van der Waals surface area (Å²) in [5.74, 6) is -0.284. The van der Waals surface area contributed by atoms with E-state index in [-0.39, 0.29) is 18.4 Å². The lowest BCUT2D eigenvalue weighted by atomic mass is 10.1. The predicted molar refractivity (Wildman–Crippen MR) is 88.0 cm³/mol. The number of benzene rings is 1. The number of amides is 2. The minimum atomic E-state index is -0.222. The maximum atomic E-state index is 12.2. The van der Waals surface area contributed by atoms with Gasteiger partial charge in [-0.05, 0) is 51.5 Å². The number of aryl methyl sites for hydroxylation is 2.